The Kier molecular flexibility index (Phi) is 4.47. The van der Waals surface area contributed by atoms with E-state index in [9.17, 15) is 9.50 Å². The van der Waals surface area contributed by atoms with E-state index in [1.54, 1.807) is 24.4 Å². The summed E-state index contributed by atoms with van der Waals surface area (Å²) in [6, 6.07) is 9.73. The van der Waals surface area contributed by atoms with Crippen LogP contribution in [0.15, 0.2) is 42.6 Å². The maximum atomic E-state index is 12.9. The van der Waals surface area contributed by atoms with E-state index in [4.69, 9.17) is 4.74 Å². The number of benzene rings is 1. The molecule has 0 amide bonds. The van der Waals surface area contributed by atoms with Crippen molar-refractivity contribution in [1.82, 2.24) is 10.3 Å². The number of aromatic nitrogens is 1. The molecule has 3 aliphatic rings. The fourth-order valence-corrected chi connectivity index (χ4v) is 4.90. The summed E-state index contributed by atoms with van der Waals surface area (Å²) in [7, 11) is 0. The van der Waals surface area contributed by atoms with Gasteiger partial charge in [0.15, 0.2) is 0 Å². The highest BCUT2D eigenvalue weighted by Gasteiger charge is 2.62. The lowest BCUT2D eigenvalue weighted by atomic mass is 9.43. The molecule has 3 saturated carbocycles. The van der Waals surface area contributed by atoms with E-state index >= 15 is 0 Å². The summed E-state index contributed by atoms with van der Waals surface area (Å²) in [5, 5.41) is 14.6. The molecule has 5 rings (SSSR count). The molecule has 3 aliphatic carbocycles. The van der Waals surface area contributed by atoms with Crippen molar-refractivity contribution in [3.05, 3.63) is 54.0 Å². The second kappa shape index (κ2) is 6.57. The second-order valence-corrected chi connectivity index (χ2v) is 8.76. The molecule has 2 bridgehead atoms. The maximum Gasteiger partial charge on any atom is 0.219 e. The molecular weight excluding hydrogens is 343 g/mol. The molecule has 1 aromatic heterocycles. The largest absolute Gasteiger partial charge is 0.439 e. The molecule has 4 nitrogen and oxygen atoms in total. The number of hydrogen-bond acceptors (Lipinski definition) is 4. The third kappa shape index (κ3) is 3.34. The normalized spacial score (nSPS) is 31.2. The van der Waals surface area contributed by atoms with Crippen LogP contribution in [0.3, 0.4) is 0 Å². The highest BCUT2D eigenvalue weighted by Crippen LogP contribution is 2.62. The number of rotatable bonds is 5. The first-order chi connectivity index (χ1) is 12.8. The number of halogens is 1. The minimum absolute atomic E-state index is 0.101. The maximum absolute atomic E-state index is 12.9. The molecule has 1 aromatic carbocycles. The van der Waals surface area contributed by atoms with Crippen molar-refractivity contribution in [3.8, 4) is 11.6 Å². The number of nitrogens with one attached hydrogen (secondary N) is 1. The van der Waals surface area contributed by atoms with Gasteiger partial charge in [0.05, 0.1) is 5.60 Å². The van der Waals surface area contributed by atoms with E-state index in [2.05, 4.69) is 24.1 Å². The number of fused-ring (bicyclic) bond motifs is 2. The summed E-state index contributed by atoms with van der Waals surface area (Å²) >= 11 is 0. The van der Waals surface area contributed by atoms with Crippen LogP contribution < -0.4 is 10.1 Å². The predicted octanol–water partition coefficient (Wildman–Crippen LogP) is 4.29. The van der Waals surface area contributed by atoms with Gasteiger partial charge in [-0.15, -0.1) is 0 Å². The van der Waals surface area contributed by atoms with Gasteiger partial charge in [-0.2, -0.15) is 0 Å². The zero-order valence-electron chi connectivity index (χ0n) is 16.1. The Hall–Kier alpha value is -1.98. The first-order valence-corrected chi connectivity index (χ1v) is 9.61. The standard InChI is InChI=1S/C22H27FN2O2/c1-21(2)15-10-18(21)22(3,26)19(11-15)24-12-14-4-9-20(25-13-14)27-17-7-5-16(23)6-8-17/h4-9,13,15,18-19,24,26H,10-12H2,1-3H3/t15-,18+,19+,22-/m1/s1. The molecule has 0 saturated heterocycles. The van der Waals surface area contributed by atoms with Crippen molar-refractivity contribution >= 4 is 0 Å². The molecule has 2 aromatic rings. The van der Waals surface area contributed by atoms with Crippen molar-refractivity contribution in [2.45, 2.75) is 51.8 Å². The predicted molar refractivity (Wildman–Crippen MR) is 102 cm³/mol. The van der Waals surface area contributed by atoms with E-state index in [-0.39, 0.29) is 17.3 Å². The van der Waals surface area contributed by atoms with Crippen LogP contribution in [0.5, 0.6) is 11.6 Å². The molecule has 0 unspecified atom stereocenters. The van der Waals surface area contributed by atoms with Crippen LogP contribution >= 0.6 is 0 Å². The molecule has 2 N–H and O–H groups in total. The summed E-state index contributed by atoms with van der Waals surface area (Å²) in [4.78, 5) is 4.32. The molecule has 0 radical (unpaired) electrons. The highest BCUT2D eigenvalue weighted by molar-refractivity contribution is 5.28. The van der Waals surface area contributed by atoms with Gasteiger partial charge in [0.1, 0.15) is 11.6 Å². The molecule has 27 heavy (non-hydrogen) atoms. The summed E-state index contributed by atoms with van der Waals surface area (Å²) in [6.45, 7) is 7.19. The van der Waals surface area contributed by atoms with Gasteiger partial charge in [0.25, 0.3) is 0 Å². The Balaban J connectivity index is 1.35. The monoisotopic (exact) mass is 370 g/mol. The SMILES string of the molecule is CC1(C)[C@H]2C[C@H](NCc3ccc(Oc4ccc(F)cc4)nc3)[C@](C)(O)[C@H]1C2. The Labute approximate surface area is 159 Å². The van der Waals surface area contributed by atoms with Gasteiger partial charge in [-0.25, -0.2) is 9.37 Å². The average Bonchev–Trinajstić information content (AvgIpc) is 2.63. The Morgan fingerprint density at radius 2 is 1.89 bits per heavy atom. The van der Waals surface area contributed by atoms with Crippen molar-refractivity contribution in [3.63, 3.8) is 0 Å². The summed E-state index contributed by atoms with van der Waals surface area (Å²) in [5.74, 6) is 1.76. The fourth-order valence-electron chi connectivity index (χ4n) is 4.90. The van der Waals surface area contributed by atoms with Crippen molar-refractivity contribution in [1.29, 1.82) is 0 Å². The topological polar surface area (TPSA) is 54.4 Å². The Bertz CT molecular complexity index is 802. The molecule has 3 fully saturated rings. The third-order valence-corrected chi connectivity index (χ3v) is 6.79. The minimum Gasteiger partial charge on any atom is -0.439 e. The number of aliphatic hydroxyl groups is 1. The lowest BCUT2D eigenvalue weighted by Crippen LogP contribution is -2.69. The number of nitrogens with zero attached hydrogens (tertiary/aromatic N) is 1. The van der Waals surface area contributed by atoms with Crippen molar-refractivity contribution < 1.29 is 14.2 Å². The van der Waals surface area contributed by atoms with Gasteiger partial charge in [-0.1, -0.05) is 19.9 Å². The molecule has 144 valence electrons. The van der Waals surface area contributed by atoms with E-state index in [0.29, 0.717) is 30.0 Å². The zero-order valence-corrected chi connectivity index (χ0v) is 16.1. The van der Waals surface area contributed by atoms with Crippen molar-refractivity contribution in [2.75, 3.05) is 0 Å². The number of ether oxygens (including phenoxy) is 1. The lowest BCUT2D eigenvalue weighted by molar-refractivity contribution is -0.209. The lowest BCUT2D eigenvalue weighted by Gasteiger charge is -2.65. The van der Waals surface area contributed by atoms with Gasteiger partial charge in [-0.3, -0.25) is 0 Å². The van der Waals surface area contributed by atoms with Gasteiger partial charge in [0.2, 0.25) is 5.88 Å². The van der Waals surface area contributed by atoms with Crippen LogP contribution in [-0.4, -0.2) is 21.7 Å². The molecule has 0 aliphatic heterocycles. The van der Waals surface area contributed by atoms with E-state index < -0.39 is 5.60 Å². The Morgan fingerprint density at radius 3 is 2.48 bits per heavy atom. The quantitative estimate of drug-likeness (QED) is 0.824. The first kappa shape index (κ1) is 18.4. The summed E-state index contributed by atoms with van der Waals surface area (Å²) < 4.78 is 18.6. The third-order valence-electron chi connectivity index (χ3n) is 6.79. The second-order valence-electron chi connectivity index (χ2n) is 8.76. The minimum atomic E-state index is -0.683. The van der Waals surface area contributed by atoms with Gasteiger partial charge in [0, 0.05) is 24.8 Å². The van der Waals surface area contributed by atoms with E-state index in [1.165, 1.54) is 12.1 Å². The van der Waals surface area contributed by atoms with Gasteiger partial charge in [-0.05, 0) is 66.8 Å². The van der Waals surface area contributed by atoms with Crippen LogP contribution in [0.25, 0.3) is 0 Å². The summed E-state index contributed by atoms with van der Waals surface area (Å²) in [6.07, 6.45) is 3.92. The molecule has 5 heteroatoms. The van der Waals surface area contributed by atoms with Crippen molar-refractivity contribution in [2.24, 2.45) is 17.3 Å². The van der Waals surface area contributed by atoms with Crippen LogP contribution in [-0.2, 0) is 6.54 Å². The molecule has 4 atom stereocenters. The number of hydrogen-bond donors (Lipinski definition) is 2. The van der Waals surface area contributed by atoms with E-state index in [0.717, 1.165) is 18.4 Å². The highest BCUT2D eigenvalue weighted by atomic mass is 19.1. The number of pyridine rings is 1. The van der Waals surface area contributed by atoms with E-state index in [1.807, 2.05) is 13.0 Å². The van der Waals surface area contributed by atoms with Crippen LogP contribution in [0.2, 0.25) is 0 Å². The molecule has 0 spiro atoms. The zero-order chi connectivity index (χ0) is 19.2. The first-order valence-electron chi connectivity index (χ1n) is 9.61. The molecular formula is C22H27FN2O2. The smallest absolute Gasteiger partial charge is 0.219 e. The molecule has 1 heterocycles. The van der Waals surface area contributed by atoms with Gasteiger partial charge >= 0.3 is 0 Å². The fraction of sp³-hybridized carbons (Fsp3) is 0.500. The van der Waals surface area contributed by atoms with Gasteiger partial charge < -0.3 is 15.2 Å². The average molecular weight is 370 g/mol. The Morgan fingerprint density at radius 1 is 1.15 bits per heavy atom. The van der Waals surface area contributed by atoms with Crippen LogP contribution in [0.1, 0.15) is 39.2 Å². The summed E-state index contributed by atoms with van der Waals surface area (Å²) in [5.41, 5.74) is 0.593. The van der Waals surface area contributed by atoms with Crippen LogP contribution in [0, 0.1) is 23.1 Å². The van der Waals surface area contributed by atoms with Crippen LogP contribution in [0.4, 0.5) is 4.39 Å².